The van der Waals surface area contributed by atoms with Gasteiger partial charge in [-0.3, -0.25) is 9.59 Å². The van der Waals surface area contributed by atoms with Crippen molar-refractivity contribution in [2.45, 2.75) is 18.6 Å². The van der Waals surface area contributed by atoms with E-state index in [1.54, 1.807) is 4.90 Å². The number of esters is 1. The first-order valence-electron chi connectivity index (χ1n) is 7.39. The zero-order chi connectivity index (χ0) is 15.5. The molecule has 0 aromatic heterocycles. The topological polar surface area (TPSA) is 55.8 Å². The Morgan fingerprint density at radius 1 is 1.41 bits per heavy atom. The Kier molecular flexibility index (Phi) is 2.72. The second-order valence-corrected chi connectivity index (χ2v) is 6.13. The Bertz CT molecular complexity index is 698. The molecule has 0 radical (unpaired) electrons. The molecule has 1 aromatic rings. The quantitative estimate of drug-likeness (QED) is 0.613. The van der Waals surface area contributed by atoms with Crippen LogP contribution in [0.15, 0.2) is 36.4 Å². The standard InChI is InChI=1S/C17H17NO4/c1-10-5-3-4-6-11(10)18-9-17-8-7-12(22-17)13(16(20)21-2)14(17)15(18)19/h3-8,12-14H,9H2,1-2H3. The molecule has 1 aromatic carbocycles. The van der Waals surface area contributed by atoms with E-state index in [0.29, 0.717) is 6.54 Å². The van der Waals surface area contributed by atoms with E-state index in [2.05, 4.69) is 0 Å². The summed E-state index contributed by atoms with van der Waals surface area (Å²) in [6.07, 6.45) is 3.48. The third kappa shape index (κ3) is 1.57. The van der Waals surface area contributed by atoms with Gasteiger partial charge in [-0.05, 0) is 18.6 Å². The Balaban J connectivity index is 1.75. The minimum Gasteiger partial charge on any atom is -0.469 e. The first-order chi connectivity index (χ1) is 10.6. The number of nitrogens with zero attached hydrogens (tertiary/aromatic N) is 1. The summed E-state index contributed by atoms with van der Waals surface area (Å²) in [6, 6.07) is 7.75. The number of aryl methyl sites for hydroxylation is 1. The molecule has 5 heteroatoms. The number of carbonyl (C=O) groups excluding carboxylic acids is 2. The van der Waals surface area contributed by atoms with Crippen LogP contribution in [0.1, 0.15) is 5.56 Å². The van der Waals surface area contributed by atoms with Gasteiger partial charge in [0.1, 0.15) is 11.5 Å². The van der Waals surface area contributed by atoms with Crippen LogP contribution in [0.2, 0.25) is 0 Å². The lowest BCUT2D eigenvalue weighted by atomic mass is 9.77. The summed E-state index contributed by atoms with van der Waals surface area (Å²) < 4.78 is 10.9. The van der Waals surface area contributed by atoms with Gasteiger partial charge in [0.25, 0.3) is 0 Å². The summed E-state index contributed by atoms with van der Waals surface area (Å²) in [6.45, 7) is 2.42. The zero-order valence-corrected chi connectivity index (χ0v) is 12.5. The van der Waals surface area contributed by atoms with Crippen molar-refractivity contribution in [3.63, 3.8) is 0 Å². The number of ether oxygens (including phenoxy) is 2. The predicted octanol–water partition coefficient (Wildman–Crippen LogP) is 1.45. The van der Waals surface area contributed by atoms with Crippen molar-refractivity contribution in [1.82, 2.24) is 0 Å². The average molecular weight is 299 g/mol. The van der Waals surface area contributed by atoms with Crippen molar-refractivity contribution in [3.8, 4) is 0 Å². The number of methoxy groups -OCH3 is 1. The number of carbonyl (C=O) groups is 2. The monoisotopic (exact) mass is 299 g/mol. The molecule has 0 aliphatic carbocycles. The first kappa shape index (κ1) is 13.5. The van der Waals surface area contributed by atoms with Gasteiger partial charge in [0.15, 0.2) is 0 Å². The summed E-state index contributed by atoms with van der Waals surface area (Å²) in [5, 5.41) is 0. The second kappa shape index (κ2) is 4.43. The second-order valence-electron chi connectivity index (χ2n) is 6.13. The third-order valence-corrected chi connectivity index (χ3v) is 4.98. The highest BCUT2D eigenvalue weighted by Gasteiger charge is 2.67. The number of anilines is 1. The number of fused-ring (bicyclic) bond motifs is 1. The molecule has 4 atom stereocenters. The molecule has 2 fully saturated rings. The van der Waals surface area contributed by atoms with E-state index in [1.807, 2.05) is 43.3 Å². The highest BCUT2D eigenvalue weighted by Crippen LogP contribution is 2.53. The maximum Gasteiger partial charge on any atom is 0.312 e. The highest BCUT2D eigenvalue weighted by molar-refractivity contribution is 6.03. The molecule has 3 aliphatic rings. The number of hydrogen-bond donors (Lipinski definition) is 0. The molecule has 0 N–H and O–H groups in total. The van der Waals surface area contributed by atoms with Gasteiger partial charge in [0.2, 0.25) is 5.91 Å². The van der Waals surface area contributed by atoms with Gasteiger partial charge in [-0.15, -0.1) is 0 Å². The van der Waals surface area contributed by atoms with Crippen LogP contribution < -0.4 is 4.90 Å². The third-order valence-electron chi connectivity index (χ3n) is 4.98. The summed E-state index contributed by atoms with van der Waals surface area (Å²) >= 11 is 0. The van der Waals surface area contributed by atoms with E-state index in [4.69, 9.17) is 9.47 Å². The van der Waals surface area contributed by atoms with Crippen LogP contribution in [0, 0.1) is 18.8 Å². The van der Waals surface area contributed by atoms with Crippen LogP contribution in [0.4, 0.5) is 5.69 Å². The largest absolute Gasteiger partial charge is 0.469 e. The van der Waals surface area contributed by atoms with Crippen molar-refractivity contribution in [2.75, 3.05) is 18.6 Å². The molecule has 1 amide bonds. The van der Waals surface area contributed by atoms with Crippen molar-refractivity contribution in [1.29, 1.82) is 0 Å². The number of benzene rings is 1. The highest BCUT2D eigenvalue weighted by atomic mass is 16.5. The first-order valence-corrected chi connectivity index (χ1v) is 7.39. The molecule has 22 heavy (non-hydrogen) atoms. The van der Waals surface area contributed by atoms with Crippen LogP contribution in [0.5, 0.6) is 0 Å². The van der Waals surface area contributed by atoms with Crippen molar-refractivity contribution in [2.24, 2.45) is 11.8 Å². The fourth-order valence-corrected chi connectivity index (χ4v) is 3.97. The Hall–Kier alpha value is -2.14. The van der Waals surface area contributed by atoms with E-state index < -0.39 is 17.4 Å². The maximum atomic E-state index is 13.0. The number of amides is 1. The Morgan fingerprint density at radius 2 is 2.18 bits per heavy atom. The molecular weight excluding hydrogens is 282 g/mol. The van der Waals surface area contributed by atoms with Crippen LogP contribution in [-0.2, 0) is 19.1 Å². The molecule has 114 valence electrons. The molecule has 3 heterocycles. The van der Waals surface area contributed by atoms with Crippen LogP contribution >= 0.6 is 0 Å². The fourth-order valence-electron chi connectivity index (χ4n) is 3.97. The minimum absolute atomic E-state index is 0.0587. The molecule has 4 unspecified atom stereocenters. The molecule has 2 saturated heterocycles. The lowest BCUT2D eigenvalue weighted by molar-refractivity contribution is -0.149. The van der Waals surface area contributed by atoms with Crippen molar-refractivity contribution < 1.29 is 19.1 Å². The van der Waals surface area contributed by atoms with Crippen LogP contribution in [0.3, 0.4) is 0 Å². The van der Waals surface area contributed by atoms with Crippen LogP contribution in [0.25, 0.3) is 0 Å². The average Bonchev–Trinajstić information content (AvgIpc) is 3.15. The lowest BCUT2D eigenvalue weighted by Gasteiger charge is -2.22. The van der Waals surface area contributed by atoms with Crippen molar-refractivity contribution in [3.05, 3.63) is 42.0 Å². The number of rotatable bonds is 2. The normalized spacial score (nSPS) is 35.1. The van der Waals surface area contributed by atoms with Crippen molar-refractivity contribution >= 4 is 17.6 Å². The van der Waals surface area contributed by atoms with E-state index in [1.165, 1.54) is 7.11 Å². The molecule has 3 aliphatic heterocycles. The fraction of sp³-hybridized carbons (Fsp3) is 0.412. The molecule has 4 rings (SSSR count). The summed E-state index contributed by atoms with van der Waals surface area (Å²) in [5.74, 6) is -1.47. The van der Waals surface area contributed by atoms with Gasteiger partial charge in [-0.1, -0.05) is 30.4 Å². The molecule has 1 spiro atoms. The molecule has 0 saturated carbocycles. The van der Waals surface area contributed by atoms with Gasteiger partial charge < -0.3 is 14.4 Å². The Labute approximate surface area is 128 Å². The van der Waals surface area contributed by atoms with Gasteiger partial charge in [0.05, 0.1) is 25.7 Å². The zero-order valence-electron chi connectivity index (χ0n) is 12.5. The summed E-state index contributed by atoms with van der Waals surface area (Å²) in [4.78, 5) is 26.8. The van der Waals surface area contributed by atoms with E-state index in [0.717, 1.165) is 11.3 Å². The van der Waals surface area contributed by atoms with E-state index in [-0.39, 0.29) is 18.0 Å². The number of para-hydroxylation sites is 1. The van der Waals surface area contributed by atoms with E-state index in [9.17, 15) is 9.59 Å². The van der Waals surface area contributed by atoms with Crippen LogP contribution in [-0.4, -0.2) is 37.2 Å². The lowest BCUT2D eigenvalue weighted by Crippen LogP contribution is -2.39. The van der Waals surface area contributed by atoms with E-state index >= 15 is 0 Å². The summed E-state index contributed by atoms with van der Waals surface area (Å²) in [5.41, 5.74) is 1.21. The van der Waals surface area contributed by atoms with Gasteiger partial charge in [-0.2, -0.15) is 0 Å². The maximum absolute atomic E-state index is 13.0. The van der Waals surface area contributed by atoms with Gasteiger partial charge in [0, 0.05) is 5.69 Å². The van der Waals surface area contributed by atoms with Gasteiger partial charge >= 0.3 is 5.97 Å². The molecule has 5 nitrogen and oxygen atoms in total. The number of hydrogen-bond acceptors (Lipinski definition) is 4. The Morgan fingerprint density at radius 3 is 2.91 bits per heavy atom. The predicted molar refractivity (Wildman–Crippen MR) is 79.3 cm³/mol. The minimum atomic E-state index is -0.692. The van der Waals surface area contributed by atoms with Gasteiger partial charge in [-0.25, -0.2) is 0 Å². The SMILES string of the molecule is COC(=O)C1C2C=CC3(CN(c4ccccc4C)C(=O)C13)O2. The smallest absolute Gasteiger partial charge is 0.312 e. The molecule has 2 bridgehead atoms. The summed E-state index contributed by atoms with van der Waals surface area (Å²) in [7, 11) is 1.35. The molecular formula is C17H17NO4.